The van der Waals surface area contributed by atoms with E-state index in [9.17, 15) is 9.50 Å². The number of nitrogens with zero attached hydrogens (tertiary/aromatic N) is 1. The largest absolute Gasteiger partial charge is 0.508 e. The molecular formula is C17H26FNO2. The Balaban J connectivity index is 2.08. The van der Waals surface area contributed by atoms with Gasteiger partial charge in [0.25, 0.3) is 0 Å². The molecule has 1 aliphatic heterocycles. The Hall–Kier alpha value is -1.29. The molecule has 0 spiro atoms. The van der Waals surface area contributed by atoms with Crippen LogP contribution in [-0.4, -0.2) is 35.7 Å². The molecule has 0 radical (unpaired) electrons. The van der Waals surface area contributed by atoms with Crippen LogP contribution >= 0.6 is 0 Å². The summed E-state index contributed by atoms with van der Waals surface area (Å²) in [7, 11) is 0. The summed E-state index contributed by atoms with van der Waals surface area (Å²) in [6.45, 7) is 6.93. The van der Waals surface area contributed by atoms with Gasteiger partial charge in [-0.2, -0.15) is 0 Å². The Bertz CT molecular complexity index is 464. The minimum atomic E-state index is -0.380. The number of unbranched alkanes of at least 4 members (excludes halogenated alkanes) is 2. The number of benzene rings is 1. The first kappa shape index (κ1) is 16.1. The smallest absolute Gasteiger partial charge is 0.165 e. The van der Waals surface area contributed by atoms with Crippen molar-refractivity contribution < 1.29 is 14.2 Å². The van der Waals surface area contributed by atoms with Crippen LogP contribution < -0.4 is 4.74 Å². The molecule has 0 fully saturated rings. The third kappa shape index (κ3) is 3.88. The quantitative estimate of drug-likeness (QED) is 0.778. The summed E-state index contributed by atoms with van der Waals surface area (Å²) >= 11 is 0. The zero-order valence-electron chi connectivity index (χ0n) is 13.1. The summed E-state index contributed by atoms with van der Waals surface area (Å²) in [6, 6.07) is 2.91. The van der Waals surface area contributed by atoms with Gasteiger partial charge in [-0.15, -0.1) is 0 Å². The highest BCUT2D eigenvalue weighted by Gasteiger charge is 2.28. The second kappa shape index (κ2) is 7.64. The summed E-state index contributed by atoms with van der Waals surface area (Å²) in [5.41, 5.74) is 0.614. The van der Waals surface area contributed by atoms with Crippen LogP contribution in [0.1, 0.15) is 45.1 Å². The van der Waals surface area contributed by atoms with Crippen molar-refractivity contribution in [2.45, 2.75) is 52.0 Å². The predicted molar refractivity (Wildman–Crippen MR) is 82.4 cm³/mol. The van der Waals surface area contributed by atoms with Crippen LogP contribution in [0, 0.1) is 5.82 Å². The fourth-order valence-corrected chi connectivity index (χ4v) is 2.98. The van der Waals surface area contributed by atoms with Crippen LogP contribution in [0.25, 0.3) is 0 Å². The van der Waals surface area contributed by atoms with Crippen LogP contribution in [0.5, 0.6) is 11.5 Å². The summed E-state index contributed by atoms with van der Waals surface area (Å²) in [5, 5.41) is 9.96. The van der Waals surface area contributed by atoms with E-state index in [0.29, 0.717) is 18.6 Å². The van der Waals surface area contributed by atoms with E-state index in [1.54, 1.807) is 0 Å². The molecule has 0 bridgehead atoms. The van der Waals surface area contributed by atoms with Gasteiger partial charge in [-0.1, -0.05) is 26.7 Å². The molecule has 1 atom stereocenters. The van der Waals surface area contributed by atoms with Crippen LogP contribution in [0.2, 0.25) is 0 Å². The maximum absolute atomic E-state index is 13.7. The van der Waals surface area contributed by atoms with Crippen molar-refractivity contribution in [3.05, 3.63) is 23.5 Å². The van der Waals surface area contributed by atoms with Gasteiger partial charge in [0.2, 0.25) is 0 Å². The lowest BCUT2D eigenvalue weighted by molar-refractivity contribution is 0.113. The molecule has 1 aliphatic rings. The fraction of sp³-hybridized carbons (Fsp3) is 0.647. The molecule has 118 valence electrons. The number of hydrogen-bond donors (Lipinski definition) is 1. The number of phenols is 1. The Morgan fingerprint density at radius 2 is 2.05 bits per heavy atom. The second-order valence-corrected chi connectivity index (χ2v) is 5.79. The van der Waals surface area contributed by atoms with Gasteiger partial charge in [-0.05, 0) is 44.5 Å². The number of fused-ring (bicyclic) bond motifs is 1. The van der Waals surface area contributed by atoms with Crippen LogP contribution in [0.15, 0.2) is 12.1 Å². The Morgan fingerprint density at radius 1 is 1.24 bits per heavy atom. The normalized spacial score (nSPS) is 17.6. The van der Waals surface area contributed by atoms with E-state index < -0.39 is 0 Å². The molecule has 2 rings (SSSR count). The molecule has 1 heterocycles. The van der Waals surface area contributed by atoms with Crippen molar-refractivity contribution in [1.82, 2.24) is 4.90 Å². The van der Waals surface area contributed by atoms with E-state index in [2.05, 4.69) is 18.7 Å². The maximum atomic E-state index is 13.7. The number of hydrogen-bond acceptors (Lipinski definition) is 3. The van der Waals surface area contributed by atoms with Gasteiger partial charge >= 0.3 is 0 Å². The molecule has 0 saturated heterocycles. The van der Waals surface area contributed by atoms with Crippen LogP contribution in [0.3, 0.4) is 0 Å². The molecule has 3 nitrogen and oxygen atoms in total. The van der Waals surface area contributed by atoms with Crippen molar-refractivity contribution >= 4 is 0 Å². The minimum absolute atomic E-state index is 0.140. The fourth-order valence-electron chi connectivity index (χ4n) is 2.98. The predicted octanol–water partition coefficient (Wildman–Crippen LogP) is 3.74. The molecule has 21 heavy (non-hydrogen) atoms. The first-order chi connectivity index (χ1) is 10.2. The Kier molecular flexibility index (Phi) is 5.85. The zero-order valence-corrected chi connectivity index (χ0v) is 13.1. The van der Waals surface area contributed by atoms with Gasteiger partial charge < -0.3 is 9.84 Å². The SMILES string of the molecule is CCCCCN(CCC)C1COc2c(F)ccc(O)c2C1. The van der Waals surface area contributed by atoms with Crippen molar-refractivity contribution in [3.8, 4) is 11.5 Å². The van der Waals surface area contributed by atoms with Gasteiger partial charge in [0.15, 0.2) is 11.6 Å². The Labute approximate surface area is 126 Å². The second-order valence-electron chi connectivity index (χ2n) is 5.79. The standard InChI is InChI=1S/C17H26FNO2/c1-3-5-6-10-19(9-4-2)13-11-14-16(20)8-7-15(18)17(14)21-12-13/h7-8,13,20H,3-6,9-12H2,1-2H3. The number of aromatic hydroxyl groups is 1. The van der Waals surface area contributed by atoms with Crippen LogP contribution in [0.4, 0.5) is 4.39 Å². The van der Waals surface area contributed by atoms with Crippen molar-refractivity contribution in [3.63, 3.8) is 0 Å². The van der Waals surface area contributed by atoms with Gasteiger partial charge in [-0.25, -0.2) is 4.39 Å². The average molecular weight is 295 g/mol. The molecular weight excluding hydrogens is 269 g/mol. The third-order valence-electron chi connectivity index (χ3n) is 4.12. The monoisotopic (exact) mass is 295 g/mol. The van der Waals surface area contributed by atoms with E-state index in [0.717, 1.165) is 19.5 Å². The molecule has 1 aromatic rings. The molecule has 1 unspecified atom stereocenters. The van der Waals surface area contributed by atoms with Gasteiger partial charge in [-0.3, -0.25) is 4.90 Å². The summed E-state index contributed by atoms with van der Waals surface area (Å²) in [4.78, 5) is 2.42. The topological polar surface area (TPSA) is 32.7 Å². The highest BCUT2D eigenvalue weighted by molar-refractivity contribution is 5.46. The molecule has 1 N–H and O–H groups in total. The number of phenolic OH excluding ortho intramolecular Hbond substituents is 1. The van der Waals surface area contributed by atoms with E-state index in [-0.39, 0.29) is 23.4 Å². The number of halogens is 1. The molecule has 1 aromatic carbocycles. The van der Waals surface area contributed by atoms with Gasteiger partial charge in [0, 0.05) is 11.6 Å². The van der Waals surface area contributed by atoms with Gasteiger partial charge in [0.05, 0.1) is 0 Å². The Morgan fingerprint density at radius 3 is 2.76 bits per heavy atom. The highest BCUT2D eigenvalue weighted by Crippen LogP contribution is 2.35. The average Bonchev–Trinajstić information content (AvgIpc) is 2.50. The number of ether oxygens (including phenoxy) is 1. The lowest BCUT2D eigenvalue weighted by atomic mass is 9.99. The zero-order chi connectivity index (χ0) is 15.2. The lowest BCUT2D eigenvalue weighted by Gasteiger charge is -2.35. The first-order valence-electron chi connectivity index (χ1n) is 8.04. The first-order valence-corrected chi connectivity index (χ1v) is 8.04. The number of rotatable bonds is 7. The van der Waals surface area contributed by atoms with E-state index in [1.165, 1.54) is 31.4 Å². The van der Waals surface area contributed by atoms with Crippen LogP contribution in [-0.2, 0) is 6.42 Å². The van der Waals surface area contributed by atoms with Gasteiger partial charge in [0.1, 0.15) is 12.4 Å². The van der Waals surface area contributed by atoms with Crippen molar-refractivity contribution in [1.29, 1.82) is 0 Å². The maximum Gasteiger partial charge on any atom is 0.165 e. The van der Waals surface area contributed by atoms with E-state index in [1.807, 2.05) is 0 Å². The summed E-state index contributed by atoms with van der Waals surface area (Å²) < 4.78 is 19.3. The van der Waals surface area contributed by atoms with E-state index >= 15 is 0 Å². The summed E-state index contributed by atoms with van der Waals surface area (Å²) in [6.07, 6.45) is 5.35. The minimum Gasteiger partial charge on any atom is -0.508 e. The molecule has 4 heteroatoms. The molecule has 0 aliphatic carbocycles. The lowest BCUT2D eigenvalue weighted by Crippen LogP contribution is -2.44. The molecule has 0 amide bonds. The van der Waals surface area contributed by atoms with Crippen molar-refractivity contribution in [2.75, 3.05) is 19.7 Å². The summed E-state index contributed by atoms with van der Waals surface area (Å²) in [5.74, 6) is -0.00774. The highest BCUT2D eigenvalue weighted by atomic mass is 19.1. The molecule has 0 aromatic heterocycles. The molecule has 0 saturated carbocycles. The third-order valence-corrected chi connectivity index (χ3v) is 4.12. The van der Waals surface area contributed by atoms with Crippen molar-refractivity contribution in [2.24, 2.45) is 0 Å². The van der Waals surface area contributed by atoms with E-state index in [4.69, 9.17) is 4.74 Å².